The van der Waals surface area contributed by atoms with Crippen molar-refractivity contribution >= 4 is 21.5 Å². The molecular weight excluding hydrogens is 356 g/mol. The fourth-order valence-electron chi connectivity index (χ4n) is 3.31. The average molecular weight is 374 g/mol. The Morgan fingerprint density at radius 1 is 1.23 bits per heavy atom. The average Bonchev–Trinajstić information content (AvgIpc) is 3.23. The summed E-state index contributed by atoms with van der Waals surface area (Å²) in [5, 5.41) is 16.5. The van der Waals surface area contributed by atoms with E-state index in [0.717, 1.165) is 24.4 Å². The number of hydrogen-bond donors (Lipinski definition) is 1. The van der Waals surface area contributed by atoms with Gasteiger partial charge in [0.2, 0.25) is 10.0 Å². The van der Waals surface area contributed by atoms with E-state index in [1.807, 2.05) is 22.9 Å². The molecule has 0 saturated heterocycles. The molecule has 10 nitrogen and oxygen atoms in total. The number of anilines is 1. The molecule has 4 heterocycles. The molecule has 1 fully saturated rings. The number of rotatable bonds is 5. The van der Waals surface area contributed by atoms with Crippen molar-refractivity contribution in [3.8, 4) is 0 Å². The standard InChI is InChI=1S/C15H18N8O2S/c24-26(25,13-1-2-13)18-7-12-9-21(8-11-5-6-17-23(11)12)15-4-3-14-19-16-10-22(14)20-15/h3-6,10,12-13,18H,1-2,7-9H2/t12-/m0/s1. The molecule has 2 aliphatic rings. The lowest BCUT2D eigenvalue weighted by atomic mass is 10.2. The Balaban J connectivity index is 1.40. The Kier molecular flexibility index (Phi) is 3.47. The van der Waals surface area contributed by atoms with Crippen molar-refractivity contribution in [2.75, 3.05) is 18.0 Å². The molecule has 5 rings (SSSR count). The highest BCUT2D eigenvalue weighted by Crippen LogP contribution is 2.28. The van der Waals surface area contributed by atoms with Crippen LogP contribution in [-0.2, 0) is 16.6 Å². The Bertz CT molecular complexity index is 1050. The first kappa shape index (κ1) is 15.7. The van der Waals surface area contributed by atoms with Crippen LogP contribution in [0.1, 0.15) is 24.6 Å². The molecule has 0 spiro atoms. The zero-order chi connectivity index (χ0) is 17.7. The largest absolute Gasteiger partial charge is 0.347 e. The SMILES string of the molecule is O=S(=O)(NC[C@H]1CN(c2ccc3nncn3n2)Cc2ccnn21)C1CC1. The summed E-state index contributed by atoms with van der Waals surface area (Å²) in [5.41, 5.74) is 1.71. The van der Waals surface area contributed by atoms with Gasteiger partial charge >= 0.3 is 0 Å². The van der Waals surface area contributed by atoms with Gasteiger partial charge in [-0.25, -0.2) is 13.1 Å². The van der Waals surface area contributed by atoms with Gasteiger partial charge in [-0.3, -0.25) is 4.68 Å². The second-order valence-corrected chi connectivity index (χ2v) is 8.76. The Labute approximate surface area is 149 Å². The van der Waals surface area contributed by atoms with Gasteiger partial charge in [-0.1, -0.05) is 0 Å². The molecule has 3 aromatic heterocycles. The topological polar surface area (TPSA) is 110 Å². The van der Waals surface area contributed by atoms with E-state index < -0.39 is 10.0 Å². The first-order chi connectivity index (χ1) is 12.6. The lowest BCUT2D eigenvalue weighted by molar-refractivity contribution is 0.393. The van der Waals surface area contributed by atoms with Crippen molar-refractivity contribution in [2.24, 2.45) is 0 Å². The van der Waals surface area contributed by atoms with Gasteiger partial charge in [-0.2, -0.15) is 9.61 Å². The van der Waals surface area contributed by atoms with Crippen LogP contribution in [0.15, 0.2) is 30.7 Å². The third kappa shape index (κ3) is 2.72. The highest BCUT2D eigenvalue weighted by atomic mass is 32.2. The van der Waals surface area contributed by atoms with Gasteiger partial charge < -0.3 is 4.90 Å². The van der Waals surface area contributed by atoms with E-state index in [1.165, 1.54) is 0 Å². The molecule has 1 N–H and O–H groups in total. The summed E-state index contributed by atoms with van der Waals surface area (Å²) in [4.78, 5) is 2.12. The molecule has 1 saturated carbocycles. The van der Waals surface area contributed by atoms with Crippen LogP contribution >= 0.6 is 0 Å². The fraction of sp³-hybridized carbons (Fsp3) is 0.467. The van der Waals surface area contributed by atoms with Gasteiger partial charge in [0, 0.05) is 19.3 Å². The molecule has 136 valence electrons. The van der Waals surface area contributed by atoms with Crippen molar-refractivity contribution in [1.82, 2.24) is 34.3 Å². The summed E-state index contributed by atoms with van der Waals surface area (Å²) in [5.74, 6) is 0.791. The molecule has 0 radical (unpaired) electrons. The smallest absolute Gasteiger partial charge is 0.214 e. The van der Waals surface area contributed by atoms with Crippen LogP contribution in [0.25, 0.3) is 5.65 Å². The molecule has 0 bridgehead atoms. The minimum absolute atomic E-state index is 0.0966. The summed E-state index contributed by atoms with van der Waals surface area (Å²) < 4.78 is 30.6. The van der Waals surface area contributed by atoms with Gasteiger partial charge in [0.25, 0.3) is 0 Å². The Morgan fingerprint density at radius 2 is 2.12 bits per heavy atom. The van der Waals surface area contributed by atoms with E-state index in [0.29, 0.717) is 25.3 Å². The molecule has 11 heteroatoms. The molecule has 1 aliphatic carbocycles. The summed E-state index contributed by atoms with van der Waals surface area (Å²) >= 11 is 0. The van der Waals surface area contributed by atoms with E-state index in [9.17, 15) is 8.42 Å². The third-order valence-electron chi connectivity index (χ3n) is 4.84. The van der Waals surface area contributed by atoms with Crippen LogP contribution in [0.5, 0.6) is 0 Å². The number of aromatic nitrogens is 6. The highest BCUT2D eigenvalue weighted by Gasteiger charge is 2.36. The van der Waals surface area contributed by atoms with Crippen LogP contribution in [0.3, 0.4) is 0 Å². The van der Waals surface area contributed by atoms with Crippen molar-refractivity contribution in [3.63, 3.8) is 0 Å². The van der Waals surface area contributed by atoms with Gasteiger partial charge in [0.15, 0.2) is 5.65 Å². The second-order valence-electron chi connectivity index (χ2n) is 6.72. The zero-order valence-electron chi connectivity index (χ0n) is 13.9. The Hall–Kier alpha value is -2.53. The van der Waals surface area contributed by atoms with Gasteiger partial charge in [0.1, 0.15) is 12.1 Å². The quantitative estimate of drug-likeness (QED) is 0.667. The van der Waals surface area contributed by atoms with Crippen LogP contribution in [0, 0.1) is 0 Å². The maximum Gasteiger partial charge on any atom is 0.214 e. The predicted molar refractivity (Wildman–Crippen MR) is 93.0 cm³/mol. The second kappa shape index (κ2) is 5.74. The summed E-state index contributed by atoms with van der Waals surface area (Å²) in [6, 6.07) is 5.63. The molecule has 26 heavy (non-hydrogen) atoms. The van der Waals surface area contributed by atoms with Gasteiger partial charge in [-0.05, 0) is 31.0 Å². The predicted octanol–water partition coefficient (Wildman–Crippen LogP) is -0.0361. The minimum atomic E-state index is -3.22. The molecule has 1 atom stereocenters. The lowest BCUT2D eigenvalue weighted by Crippen LogP contribution is -2.44. The van der Waals surface area contributed by atoms with Crippen LogP contribution in [0.4, 0.5) is 5.82 Å². The molecule has 0 unspecified atom stereocenters. The van der Waals surface area contributed by atoms with Crippen LogP contribution in [0.2, 0.25) is 0 Å². The maximum absolute atomic E-state index is 12.2. The first-order valence-corrected chi connectivity index (χ1v) is 10.1. The van der Waals surface area contributed by atoms with E-state index in [-0.39, 0.29) is 11.3 Å². The van der Waals surface area contributed by atoms with Crippen LogP contribution < -0.4 is 9.62 Å². The zero-order valence-corrected chi connectivity index (χ0v) is 14.7. The fourth-order valence-corrected chi connectivity index (χ4v) is 4.73. The van der Waals surface area contributed by atoms with E-state index in [4.69, 9.17) is 0 Å². The number of sulfonamides is 1. The van der Waals surface area contributed by atoms with Crippen LogP contribution in [-0.4, -0.2) is 56.3 Å². The molecule has 0 amide bonds. The molecule has 1 aliphatic heterocycles. The number of nitrogens with one attached hydrogen (secondary N) is 1. The van der Waals surface area contributed by atoms with Gasteiger partial charge in [0.05, 0.1) is 23.5 Å². The highest BCUT2D eigenvalue weighted by molar-refractivity contribution is 7.90. The molecule has 0 aromatic carbocycles. The third-order valence-corrected chi connectivity index (χ3v) is 6.76. The monoisotopic (exact) mass is 374 g/mol. The van der Waals surface area contributed by atoms with Gasteiger partial charge in [-0.15, -0.1) is 15.3 Å². The minimum Gasteiger partial charge on any atom is -0.347 e. The number of hydrogen-bond acceptors (Lipinski definition) is 7. The Morgan fingerprint density at radius 3 is 2.96 bits per heavy atom. The summed E-state index contributed by atoms with van der Waals surface area (Å²) in [6.45, 7) is 1.59. The first-order valence-electron chi connectivity index (χ1n) is 8.53. The van der Waals surface area contributed by atoms with Crippen molar-refractivity contribution in [3.05, 3.63) is 36.4 Å². The number of fused-ring (bicyclic) bond motifs is 2. The van der Waals surface area contributed by atoms with Crippen molar-refractivity contribution in [2.45, 2.75) is 30.7 Å². The normalized spacial score (nSPS) is 20.5. The van der Waals surface area contributed by atoms with E-state index in [2.05, 4.69) is 30.0 Å². The molecule has 3 aromatic rings. The molecular formula is C15H18N8O2S. The summed E-state index contributed by atoms with van der Waals surface area (Å²) in [7, 11) is -3.22. The summed E-state index contributed by atoms with van der Waals surface area (Å²) in [6.07, 6.45) is 4.82. The van der Waals surface area contributed by atoms with Crippen molar-refractivity contribution in [1.29, 1.82) is 0 Å². The van der Waals surface area contributed by atoms with Crippen molar-refractivity contribution < 1.29 is 8.42 Å². The van der Waals surface area contributed by atoms with E-state index >= 15 is 0 Å². The number of nitrogens with zero attached hydrogens (tertiary/aromatic N) is 7. The lowest BCUT2D eigenvalue weighted by Gasteiger charge is -2.34. The maximum atomic E-state index is 12.2. The van der Waals surface area contributed by atoms with E-state index in [1.54, 1.807) is 17.0 Å².